The van der Waals surface area contributed by atoms with Crippen LogP contribution in [-0.2, 0) is 32.0 Å². The Morgan fingerprint density at radius 3 is 1.87 bits per heavy atom. The van der Waals surface area contributed by atoms with Crippen molar-refractivity contribution in [3.8, 4) is 5.75 Å². The molecule has 11 heteroatoms. The Morgan fingerprint density at radius 1 is 0.769 bits per heavy atom. The first-order chi connectivity index (χ1) is 18.4. The van der Waals surface area contributed by atoms with E-state index in [0.29, 0.717) is 5.56 Å². The highest BCUT2D eigenvalue weighted by Gasteiger charge is 2.33. The third-order valence-corrected chi connectivity index (χ3v) is 6.03. The molecule has 11 nitrogen and oxygen atoms in total. The van der Waals surface area contributed by atoms with Crippen molar-refractivity contribution in [1.29, 1.82) is 0 Å². The van der Waals surface area contributed by atoms with Gasteiger partial charge in [-0.3, -0.25) is 14.4 Å². The average Bonchev–Trinajstić information content (AvgIpc) is 2.87. The fourth-order valence-corrected chi connectivity index (χ4v) is 3.93. The number of carbonyl (C=O) groups is 4. The minimum atomic E-state index is -1.48. The van der Waals surface area contributed by atoms with Gasteiger partial charge in [0.15, 0.2) is 0 Å². The molecule has 0 fully saturated rings. The molecule has 0 aromatic heterocycles. The lowest BCUT2D eigenvalue weighted by Gasteiger charge is -2.27. The van der Waals surface area contributed by atoms with E-state index < -0.39 is 54.0 Å². The van der Waals surface area contributed by atoms with Gasteiger partial charge in [-0.05, 0) is 48.9 Å². The van der Waals surface area contributed by atoms with Crippen molar-refractivity contribution in [2.45, 2.75) is 70.3 Å². The van der Waals surface area contributed by atoms with Crippen LogP contribution < -0.4 is 21.7 Å². The van der Waals surface area contributed by atoms with Crippen LogP contribution in [0.1, 0.15) is 38.3 Å². The number of carboxylic acid groups (broad SMARTS) is 1. The first-order valence-corrected chi connectivity index (χ1v) is 12.8. The van der Waals surface area contributed by atoms with Gasteiger partial charge >= 0.3 is 5.97 Å². The summed E-state index contributed by atoms with van der Waals surface area (Å²) in [5.74, 6) is -3.47. The summed E-state index contributed by atoms with van der Waals surface area (Å²) in [5, 5.41) is 36.7. The average molecular weight is 543 g/mol. The normalized spacial score (nSPS) is 14.9. The Morgan fingerprint density at radius 2 is 1.33 bits per heavy atom. The molecule has 2 aromatic rings. The van der Waals surface area contributed by atoms with Gasteiger partial charge in [-0.2, -0.15) is 0 Å². The quantitative estimate of drug-likeness (QED) is 0.179. The molecule has 0 aliphatic carbocycles. The molecule has 0 heterocycles. The van der Waals surface area contributed by atoms with E-state index in [1.54, 1.807) is 0 Å². The van der Waals surface area contributed by atoms with E-state index in [1.807, 2.05) is 44.2 Å². The van der Waals surface area contributed by atoms with E-state index in [-0.39, 0.29) is 30.9 Å². The number of aliphatic hydroxyl groups is 1. The van der Waals surface area contributed by atoms with Crippen molar-refractivity contribution in [3.63, 3.8) is 0 Å². The number of rotatable bonds is 14. The summed E-state index contributed by atoms with van der Waals surface area (Å²) in [6, 6.07) is 10.2. The minimum absolute atomic E-state index is 0.00748. The summed E-state index contributed by atoms with van der Waals surface area (Å²) in [6.45, 7) is 5.00. The van der Waals surface area contributed by atoms with Crippen LogP contribution in [0.3, 0.4) is 0 Å². The topological polar surface area (TPSA) is 191 Å². The number of benzene rings is 2. The molecule has 0 aliphatic heterocycles. The van der Waals surface area contributed by atoms with E-state index in [9.17, 15) is 34.5 Å². The third-order valence-electron chi connectivity index (χ3n) is 6.03. The molecular weight excluding hydrogens is 504 g/mol. The SMILES string of the molecule is CC(C)CC(NC(=O)C(N)Cc1ccccc1)C(=O)NC(C(=O)NC(Cc1ccc(O)cc1)C(=O)O)C(C)O. The Kier molecular flexibility index (Phi) is 11.9. The minimum Gasteiger partial charge on any atom is -0.508 e. The molecule has 212 valence electrons. The summed E-state index contributed by atoms with van der Waals surface area (Å²) in [6.07, 6.45) is -0.957. The number of phenols is 1. The zero-order valence-electron chi connectivity index (χ0n) is 22.3. The molecule has 0 spiro atoms. The van der Waals surface area contributed by atoms with E-state index in [0.717, 1.165) is 5.56 Å². The number of amides is 3. The van der Waals surface area contributed by atoms with Crippen LogP contribution in [0.15, 0.2) is 54.6 Å². The van der Waals surface area contributed by atoms with Gasteiger partial charge in [-0.25, -0.2) is 4.79 Å². The zero-order chi connectivity index (χ0) is 29.1. The molecule has 0 radical (unpaired) electrons. The maximum atomic E-state index is 13.2. The van der Waals surface area contributed by atoms with Gasteiger partial charge in [0, 0.05) is 6.42 Å². The number of aromatic hydroxyl groups is 1. The molecule has 2 aromatic carbocycles. The van der Waals surface area contributed by atoms with Crippen molar-refractivity contribution in [3.05, 3.63) is 65.7 Å². The molecule has 8 N–H and O–H groups in total. The number of nitrogens with one attached hydrogen (secondary N) is 3. The van der Waals surface area contributed by atoms with Crippen molar-refractivity contribution in [2.75, 3.05) is 0 Å². The fourth-order valence-electron chi connectivity index (χ4n) is 3.93. The Bertz CT molecular complexity index is 1110. The first-order valence-electron chi connectivity index (χ1n) is 12.8. The van der Waals surface area contributed by atoms with E-state index in [1.165, 1.54) is 31.2 Å². The lowest BCUT2D eigenvalue weighted by molar-refractivity contribution is -0.143. The molecule has 0 saturated carbocycles. The summed E-state index contributed by atoms with van der Waals surface area (Å²) < 4.78 is 0. The molecule has 3 amide bonds. The van der Waals surface area contributed by atoms with Crippen LogP contribution in [0.2, 0.25) is 0 Å². The van der Waals surface area contributed by atoms with Gasteiger partial charge in [0.05, 0.1) is 12.1 Å². The summed E-state index contributed by atoms with van der Waals surface area (Å²) in [4.78, 5) is 50.7. The largest absolute Gasteiger partial charge is 0.508 e. The lowest BCUT2D eigenvalue weighted by Crippen LogP contribution is -2.60. The van der Waals surface area contributed by atoms with Gasteiger partial charge < -0.3 is 37.0 Å². The van der Waals surface area contributed by atoms with Gasteiger partial charge in [-0.15, -0.1) is 0 Å². The molecule has 0 bridgehead atoms. The van der Waals surface area contributed by atoms with Crippen LogP contribution in [0.4, 0.5) is 0 Å². The van der Waals surface area contributed by atoms with Crippen LogP contribution in [0.25, 0.3) is 0 Å². The highest BCUT2D eigenvalue weighted by Crippen LogP contribution is 2.12. The Balaban J connectivity index is 2.10. The second-order valence-electron chi connectivity index (χ2n) is 9.98. The molecule has 5 unspecified atom stereocenters. The Hall–Kier alpha value is -3.96. The molecule has 2 rings (SSSR count). The monoisotopic (exact) mass is 542 g/mol. The summed E-state index contributed by atoms with van der Waals surface area (Å²) >= 11 is 0. The number of hydrogen-bond donors (Lipinski definition) is 7. The number of aliphatic hydroxyl groups excluding tert-OH is 1. The number of nitrogens with two attached hydrogens (primary N) is 1. The molecule has 5 atom stereocenters. The number of carbonyl (C=O) groups excluding carboxylic acids is 3. The maximum absolute atomic E-state index is 13.2. The number of phenolic OH excluding ortho intramolecular Hbond substituents is 1. The smallest absolute Gasteiger partial charge is 0.326 e. The van der Waals surface area contributed by atoms with Crippen molar-refractivity contribution >= 4 is 23.7 Å². The fraction of sp³-hybridized carbons (Fsp3) is 0.429. The van der Waals surface area contributed by atoms with E-state index >= 15 is 0 Å². The van der Waals surface area contributed by atoms with Crippen LogP contribution in [-0.4, -0.2) is 69.3 Å². The van der Waals surface area contributed by atoms with Gasteiger partial charge in [-0.1, -0.05) is 56.3 Å². The van der Waals surface area contributed by atoms with Gasteiger partial charge in [0.1, 0.15) is 23.9 Å². The highest BCUT2D eigenvalue weighted by molar-refractivity contribution is 5.94. The number of hydrogen-bond acceptors (Lipinski definition) is 7. The molecule has 39 heavy (non-hydrogen) atoms. The van der Waals surface area contributed by atoms with E-state index in [2.05, 4.69) is 16.0 Å². The summed E-state index contributed by atoms with van der Waals surface area (Å²) in [7, 11) is 0. The molecular formula is C28H38N4O7. The lowest BCUT2D eigenvalue weighted by atomic mass is 10.0. The van der Waals surface area contributed by atoms with Gasteiger partial charge in [0.2, 0.25) is 17.7 Å². The summed E-state index contributed by atoms with van der Waals surface area (Å²) in [5.41, 5.74) is 7.47. The maximum Gasteiger partial charge on any atom is 0.326 e. The predicted molar refractivity (Wildman–Crippen MR) is 144 cm³/mol. The van der Waals surface area contributed by atoms with Crippen molar-refractivity contribution < 1.29 is 34.5 Å². The molecule has 0 saturated heterocycles. The standard InChI is InChI=1S/C28H38N4O7/c1-16(2)13-22(30-25(35)21(29)14-18-7-5-4-6-8-18)26(36)32-24(17(3)33)27(37)31-23(28(38)39)15-19-9-11-20(34)12-10-19/h4-12,16-17,21-24,33-34H,13-15,29H2,1-3H3,(H,30,35)(H,31,37)(H,32,36)(H,38,39). The third kappa shape index (κ3) is 10.4. The number of carboxylic acids is 1. The second kappa shape index (κ2) is 14.8. The second-order valence-corrected chi connectivity index (χ2v) is 9.98. The van der Waals surface area contributed by atoms with Crippen molar-refractivity contribution in [2.24, 2.45) is 11.7 Å². The van der Waals surface area contributed by atoms with E-state index in [4.69, 9.17) is 5.73 Å². The van der Waals surface area contributed by atoms with Gasteiger partial charge in [0.25, 0.3) is 0 Å². The molecule has 0 aliphatic rings. The predicted octanol–water partition coefficient (Wildman–Crippen LogP) is 0.471. The van der Waals surface area contributed by atoms with Crippen LogP contribution in [0.5, 0.6) is 5.75 Å². The number of aliphatic carboxylic acids is 1. The first kappa shape index (κ1) is 31.3. The van der Waals surface area contributed by atoms with Crippen molar-refractivity contribution in [1.82, 2.24) is 16.0 Å². The Labute approximate surface area is 227 Å². The highest BCUT2D eigenvalue weighted by atomic mass is 16.4. The van der Waals surface area contributed by atoms with Crippen LogP contribution >= 0.6 is 0 Å². The van der Waals surface area contributed by atoms with Crippen LogP contribution in [0, 0.1) is 5.92 Å². The zero-order valence-corrected chi connectivity index (χ0v) is 22.3.